The summed E-state index contributed by atoms with van der Waals surface area (Å²) in [5.41, 5.74) is 4.31. The Kier molecular flexibility index (Phi) is 3.53. The third kappa shape index (κ3) is 2.23. The molecule has 0 aromatic heterocycles. The molecule has 1 amide bonds. The van der Waals surface area contributed by atoms with Gasteiger partial charge in [-0.3, -0.25) is 10.1 Å². The van der Waals surface area contributed by atoms with Crippen LogP contribution in [0.3, 0.4) is 0 Å². The molecule has 3 heterocycles. The number of benzene rings is 2. The number of carbonyl (C=O) groups is 1. The molecular formula is C22H22N4O. The summed E-state index contributed by atoms with van der Waals surface area (Å²) < 4.78 is 0. The first-order valence-electron chi connectivity index (χ1n) is 9.56. The number of hydrogen-bond donors (Lipinski definition) is 1. The Balaban J connectivity index is 1.64. The molecule has 1 N–H and O–H groups in total. The SMILES string of the molecule is CC(C)C(=O)N1CC2CC1=C1C(c3ccc(C#N)c4ccccc34)NCN12. The molecule has 2 bridgehead atoms. The van der Waals surface area contributed by atoms with Crippen molar-refractivity contribution in [3.05, 3.63) is 58.9 Å². The van der Waals surface area contributed by atoms with Gasteiger partial charge in [0.05, 0.1) is 36.1 Å². The van der Waals surface area contributed by atoms with Crippen LogP contribution in [0.25, 0.3) is 10.8 Å². The molecule has 2 fully saturated rings. The minimum atomic E-state index is 0.00875. The molecule has 136 valence electrons. The molecule has 0 radical (unpaired) electrons. The van der Waals surface area contributed by atoms with E-state index in [1.165, 1.54) is 17.0 Å². The Morgan fingerprint density at radius 1 is 1.22 bits per heavy atom. The molecule has 5 heteroatoms. The maximum absolute atomic E-state index is 12.7. The number of likely N-dealkylation sites (tertiary alicyclic amines) is 1. The van der Waals surface area contributed by atoms with Crippen LogP contribution < -0.4 is 5.32 Å². The lowest BCUT2D eigenvalue weighted by molar-refractivity contribution is -0.132. The lowest BCUT2D eigenvalue weighted by Gasteiger charge is -2.32. The predicted molar refractivity (Wildman–Crippen MR) is 103 cm³/mol. The second kappa shape index (κ2) is 5.83. The van der Waals surface area contributed by atoms with Crippen molar-refractivity contribution >= 4 is 16.7 Å². The number of nitrogens with one attached hydrogen (secondary N) is 1. The fourth-order valence-corrected chi connectivity index (χ4v) is 4.83. The van der Waals surface area contributed by atoms with Gasteiger partial charge in [0.1, 0.15) is 0 Å². The van der Waals surface area contributed by atoms with E-state index >= 15 is 0 Å². The van der Waals surface area contributed by atoms with Crippen LogP contribution in [0.4, 0.5) is 0 Å². The van der Waals surface area contributed by atoms with E-state index in [1.807, 2.05) is 43.0 Å². The van der Waals surface area contributed by atoms with E-state index in [2.05, 4.69) is 28.4 Å². The zero-order chi connectivity index (χ0) is 18.7. The maximum Gasteiger partial charge on any atom is 0.229 e. The molecule has 5 nitrogen and oxygen atoms in total. The highest BCUT2D eigenvalue weighted by Gasteiger charge is 2.49. The number of carbonyl (C=O) groups excluding carboxylic acids is 1. The van der Waals surface area contributed by atoms with Crippen molar-refractivity contribution in [2.45, 2.75) is 32.4 Å². The average molecular weight is 358 g/mol. The number of fused-ring (bicyclic) bond motifs is 5. The lowest BCUT2D eigenvalue weighted by atomic mass is 9.94. The molecule has 3 aliphatic rings. The fraction of sp³-hybridized carbons (Fsp3) is 0.364. The Bertz CT molecular complexity index is 1030. The highest BCUT2D eigenvalue weighted by atomic mass is 16.2. The highest BCUT2D eigenvalue weighted by molar-refractivity contribution is 5.91. The summed E-state index contributed by atoms with van der Waals surface area (Å²) in [5.74, 6) is 0.226. The summed E-state index contributed by atoms with van der Waals surface area (Å²) in [4.78, 5) is 17.1. The van der Waals surface area contributed by atoms with Crippen molar-refractivity contribution in [2.24, 2.45) is 5.92 Å². The molecule has 0 saturated carbocycles. The van der Waals surface area contributed by atoms with Crippen molar-refractivity contribution in [3.63, 3.8) is 0 Å². The summed E-state index contributed by atoms with van der Waals surface area (Å²) in [6.45, 7) is 5.55. The zero-order valence-corrected chi connectivity index (χ0v) is 15.6. The van der Waals surface area contributed by atoms with Gasteiger partial charge in [-0.25, -0.2) is 0 Å². The molecule has 2 unspecified atom stereocenters. The van der Waals surface area contributed by atoms with Gasteiger partial charge >= 0.3 is 0 Å². The first kappa shape index (κ1) is 16.3. The Morgan fingerprint density at radius 3 is 2.74 bits per heavy atom. The van der Waals surface area contributed by atoms with Gasteiger partial charge in [0.15, 0.2) is 0 Å². The molecule has 2 aromatic carbocycles. The van der Waals surface area contributed by atoms with E-state index in [0.717, 1.165) is 30.4 Å². The van der Waals surface area contributed by atoms with Crippen molar-refractivity contribution < 1.29 is 4.79 Å². The van der Waals surface area contributed by atoms with Gasteiger partial charge in [0.25, 0.3) is 0 Å². The maximum atomic E-state index is 12.7. The van der Waals surface area contributed by atoms with E-state index < -0.39 is 0 Å². The smallest absolute Gasteiger partial charge is 0.229 e. The molecule has 2 saturated heterocycles. The first-order chi connectivity index (χ1) is 13.1. The Hall–Kier alpha value is -2.84. The summed E-state index contributed by atoms with van der Waals surface area (Å²) in [6.07, 6.45) is 0.959. The van der Waals surface area contributed by atoms with E-state index in [9.17, 15) is 10.1 Å². The van der Waals surface area contributed by atoms with Gasteiger partial charge in [0, 0.05) is 24.6 Å². The summed E-state index contributed by atoms with van der Waals surface area (Å²) in [6, 6.07) is 14.8. The number of nitriles is 1. The van der Waals surface area contributed by atoms with E-state index in [4.69, 9.17) is 0 Å². The summed E-state index contributed by atoms with van der Waals surface area (Å²) >= 11 is 0. The van der Waals surface area contributed by atoms with Gasteiger partial charge in [-0.1, -0.05) is 44.2 Å². The second-order valence-corrected chi connectivity index (χ2v) is 7.92. The molecule has 2 aromatic rings. The zero-order valence-electron chi connectivity index (χ0n) is 15.6. The normalized spacial score (nSPS) is 23.5. The molecule has 2 atom stereocenters. The first-order valence-corrected chi connectivity index (χ1v) is 9.56. The highest BCUT2D eigenvalue weighted by Crippen LogP contribution is 2.47. The Labute approximate surface area is 158 Å². The van der Waals surface area contributed by atoms with Crippen LogP contribution in [0.2, 0.25) is 0 Å². The van der Waals surface area contributed by atoms with Crippen LogP contribution in [-0.2, 0) is 4.79 Å². The van der Waals surface area contributed by atoms with Crippen molar-refractivity contribution in [3.8, 4) is 6.07 Å². The molecule has 0 aliphatic carbocycles. The summed E-state index contributed by atoms with van der Waals surface area (Å²) in [7, 11) is 0. The molecule has 5 rings (SSSR count). The summed E-state index contributed by atoms with van der Waals surface area (Å²) in [5, 5.41) is 15.2. The third-order valence-corrected chi connectivity index (χ3v) is 6.08. The minimum absolute atomic E-state index is 0.00875. The fourth-order valence-electron chi connectivity index (χ4n) is 4.83. The van der Waals surface area contributed by atoms with Crippen LogP contribution in [0.5, 0.6) is 0 Å². The predicted octanol–water partition coefficient (Wildman–Crippen LogP) is 3.10. The molecular weight excluding hydrogens is 336 g/mol. The second-order valence-electron chi connectivity index (χ2n) is 7.92. The van der Waals surface area contributed by atoms with Gasteiger partial charge < -0.3 is 9.80 Å². The minimum Gasteiger partial charge on any atom is -0.354 e. The quantitative estimate of drug-likeness (QED) is 0.896. The van der Waals surface area contributed by atoms with Gasteiger partial charge in [-0.2, -0.15) is 5.26 Å². The van der Waals surface area contributed by atoms with Crippen LogP contribution in [0.15, 0.2) is 47.8 Å². The molecule has 0 spiro atoms. The van der Waals surface area contributed by atoms with E-state index in [1.54, 1.807) is 0 Å². The van der Waals surface area contributed by atoms with Crippen LogP contribution in [0.1, 0.15) is 37.4 Å². The number of nitrogens with zero attached hydrogens (tertiary/aromatic N) is 3. The van der Waals surface area contributed by atoms with Crippen molar-refractivity contribution in [1.82, 2.24) is 15.1 Å². The third-order valence-electron chi connectivity index (χ3n) is 6.08. The van der Waals surface area contributed by atoms with Crippen molar-refractivity contribution in [1.29, 1.82) is 5.26 Å². The van der Waals surface area contributed by atoms with Crippen molar-refractivity contribution in [2.75, 3.05) is 13.2 Å². The van der Waals surface area contributed by atoms with Gasteiger partial charge in [-0.05, 0) is 22.4 Å². The molecule has 27 heavy (non-hydrogen) atoms. The number of hydrogen-bond acceptors (Lipinski definition) is 4. The lowest BCUT2D eigenvalue weighted by Crippen LogP contribution is -2.41. The van der Waals surface area contributed by atoms with E-state index in [0.29, 0.717) is 11.6 Å². The van der Waals surface area contributed by atoms with Gasteiger partial charge in [-0.15, -0.1) is 0 Å². The largest absolute Gasteiger partial charge is 0.354 e. The Morgan fingerprint density at radius 2 is 2.00 bits per heavy atom. The standard InChI is InChI=1S/C22H22N4O/c1-13(2)22(27)25-11-15-9-19(25)21-20(24-12-26(15)21)18-8-7-14(10-23)16-5-3-4-6-17(16)18/h3-8,13,15,20,24H,9,11-12H2,1-2H3. The van der Waals surface area contributed by atoms with Gasteiger partial charge in [0.2, 0.25) is 5.91 Å². The van der Waals surface area contributed by atoms with Crippen LogP contribution in [0, 0.1) is 17.2 Å². The molecule has 3 aliphatic heterocycles. The monoisotopic (exact) mass is 358 g/mol. The van der Waals surface area contributed by atoms with E-state index in [-0.39, 0.29) is 17.9 Å². The topological polar surface area (TPSA) is 59.4 Å². The number of rotatable bonds is 2. The number of amides is 1. The average Bonchev–Trinajstić information content (AvgIpc) is 3.38. The van der Waals surface area contributed by atoms with Crippen LogP contribution in [-0.4, -0.2) is 35.0 Å². The van der Waals surface area contributed by atoms with Crippen LogP contribution >= 0.6 is 0 Å².